The third-order valence-electron chi connectivity index (χ3n) is 2.88. The Morgan fingerprint density at radius 3 is 2.32 bits per heavy atom. The van der Waals surface area contributed by atoms with Crippen molar-refractivity contribution in [2.75, 3.05) is 0 Å². The van der Waals surface area contributed by atoms with E-state index in [1.165, 1.54) is 0 Å². The lowest BCUT2D eigenvalue weighted by Gasteiger charge is -2.24. The number of alkyl halides is 1. The van der Waals surface area contributed by atoms with Gasteiger partial charge in [-0.3, -0.25) is 0 Å². The summed E-state index contributed by atoms with van der Waals surface area (Å²) >= 11 is 6.47. The zero-order valence-electron chi connectivity index (χ0n) is 11.7. The van der Waals surface area contributed by atoms with Crippen molar-refractivity contribution >= 4 is 21.4 Å². The Bertz CT molecular complexity index is 531. The Hall–Kier alpha value is -0.800. The van der Waals surface area contributed by atoms with E-state index in [1.54, 1.807) is 36.4 Å². The first-order valence-electron chi connectivity index (χ1n) is 6.48. The van der Waals surface area contributed by atoms with Crippen molar-refractivity contribution in [3.05, 3.63) is 42.0 Å². The molecule has 1 rings (SSSR count). The summed E-state index contributed by atoms with van der Waals surface area (Å²) in [7, 11) is -3.58. The molecule has 2 nitrogen and oxygen atoms in total. The standard InChI is InChI=1S/C15H21ClO2S/c1-4-5-11-15(16,12-13(2)3)19(17,18)14-9-7-6-8-10-14/h6-10,12H,4-5,11H2,1-3H3. The Kier molecular flexibility index (Phi) is 5.63. The van der Waals surface area contributed by atoms with Crippen molar-refractivity contribution in [1.82, 2.24) is 0 Å². The quantitative estimate of drug-likeness (QED) is 0.570. The molecule has 0 saturated carbocycles. The molecule has 19 heavy (non-hydrogen) atoms. The number of hydrogen-bond donors (Lipinski definition) is 0. The minimum Gasteiger partial charge on any atom is -0.222 e. The average Bonchev–Trinajstić information content (AvgIpc) is 2.36. The second-order valence-electron chi connectivity index (χ2n) is 4.93. The summed E-state index contributed by atoms with van der Waals surface area (Å²) in [5.74, 6) is 0. The highest BCUT2D eigenvalue weighted by atomic mass is 35.5. The molecule has 0 N–H and O–H groups in total. The lowest BCUT2D eigenvalue weighted by Crippen LogP contribution is -2.31. The number of sulfone groups is 1. The van der Waals surface area contributed by atoms with Crippen molar-refractivity contribution in [1.29, 1.82) is 0 Å². The van der Waals surface area contributed by atoms with E-state index in [2.05, 4.69) is 0 Å². The molecule has 1 aromatic rings. The highest BCUT2D eigenvalue weighted by Crippen LogP contribution is 2.36. The van der Waals surface area contributed by atoms with Gasteiger partial charge in [-0.1, -0.05) is 55.1 Å². The minimum atomic E-state index is -3.58. The predicted octanol–water partition coefficient (Wildman–Crippen LogP) is 4.55. The molecular formula is C15H21ClO2S. The fraction of sp³-hybridized carbons (Fsp3) is 0.467. The fourth-order valence-corrected chi connectivity index (χ4v) is 4.26. The van der Waals surface area contributed by atoms with Crippen LogP contribution in [0.3, 0.4) is 0 Å². The molecule has 0 aliphatic heterocycles. The molecule has 0 bridgehead atoms. The first-order chi connectivity index (χ1) is 8.83. The molecule has 0 spiro atoms. The van der Waals surface area contributed by atoms with Crippen LogP contribution in [0.1, 0.15) is 40.0 Å². The number of unbranched alkanes of at least 4 members (excludes halogenated alkanes) is 1. The molecule has 4 heteroatoms. The predicted molar refractivity (Wildman–Crippen MR) is 81.2 cm³/mol. The van der Waals surface area contributed by atoms with Crippen molar-refractivity contribution in [3.8, 4) is 0 Å². The highest BCUT2D eigenvalue weighted by Gasteiger charge is 2.40. The topological polar surface area (TPSA) is 34.1 Å². The molecule has 0 aliphatic carbocycles. The second-order valence-corrected chi connectivity index (χ2v) is 8.03. The first kappa shape index (κ1) is 16.3. The third-order valence-corrected chi connectivity index (χ3v) is 5.89. The number of benzene rings is 1. The smallest absolute Gasteiger partial charge is 0.201 e. The molecule has 1 atom stereocenters. The summed E-state index contributed by atoms with van der Waals surface area (Å²) in [6, 6.07) is 8.41. The van der Waals surface area contributed by atoms with Crippen molar-refractivity contribution in [2.24, 2.45) is 0 Å². The Morgan fingerprint density at radius 2 is 1.84 bits per heavy atom. The number of hydrogen-bond acceptors (Lipinski definition) is 2. The van der Waals surface area contributed by atoms with Crippen LogP contribution < -0.4 is 0 Å². The average molecular weight is 301 g/mol. The zero-order chi connectivity index (χ0) is 14.5. The highest BCUT2D eigenvalue weighted by molar-refractivity contribution is 7.94. The summed E-state index contributed by atoms with van der Waals surface area (Å²) in [5.41, 5.74) is 0.908. The van der Waals surface area contributed by atoms with Crippen LogP contribution in [-0.2, 0) is 9.84 Å². The summed E-state index contributed by atoms with van der Waals surface area (Å²) in [5, 5.41) is 0. The van der Waals surface area contributed by atoms with Gasteiger partial charge in [-0.25, -0.2) is 8.42 Å². The largest absolute Gasteiger partial charge is 0.222 e. The summed E-state index contributed by atoms with van der Waals surface area (Å²) in [6.07, 6.45) is 3.77. The van der Waals surface area contributed by atoms with Gasteiger partial charge in [0.1, 0.15) is 0 Å². The van der Waals surface area contributed by atoms with Gasteiger partial charge in [0, 0.05) is 0 Å². The van der Waals surface area contributed by atoms with Crippen LogP contribution in [0.25, 0.3) is 0 Å². The first-order valence-corrected chi connectivity index (χ1v) is 8.34. The molecule has 1 unspecified atom stereocenters. The van der Waals surface area contributed by atoms with Gasteiger partial charge in [0.15, 0.2) is 4.21 Å². The third kappa shape index (κ3) is 3.83. The molecule has 0 fully saturated rings. The molecule has 0 aliphatic rings. The van der Waals surface area contributed by atoms with Crippen LogP contribution in [-0.4, -0.2) is 12.6 Å². The maximum absolute atomic E-state index is 12.7. The number of rotatable bonds is 6. The van der Waals surface area contributed by atoms with Gasteiger partial charge in [-0.2, -0.15) is 0 Å². The number of allylic oxidation sites excluding steroid dienone is 1. The van der Waals surface area contributed by atoms with Crippen molar-refractivity contribution < 1.29 is 8.42 Å². The Labute approximate surface area is 121 Å². The van der Waals surface area contributed by atoms with Crippen LogP contribution in [0.15, 0.2) is 46.9 Å². The van der Waals surface area contributed by atoms with Gasteiger partial charge in [0.2, 0.25) is 9.84 Å². The van der Waals surface area contributed by atoms with Crippen molar-refractivity contribution in [2.45, 2.75) is 49.1 Å². The van der Waals surface area contributed by atoms with E-state index in [4.69, 9.17) is 11.6 Å². The summed E-state index contributed by atoms with van der Waals surface area (Å²) in [4.78, 5) is 0.276. The van der Waals surface area contributed by atoms with Crippen LogP contribution in [0, 0.1) is 0 Å². The summed E-state index contributed by atoms with van der Waals surface area (Å²) in [6.45, 7) is 5.75. The van der Waals surface area contributed by atoms with Crippen LogP contribution in [0.5, 0.6) is 0 Å². The van der Waals surface area contributed by atoms with E-state index in [1.807, 2.05) is 20.8 Å². The molecule has 0 heterocycles. The normalized spacial score (nSPS) is 14.7. The molecule has 1 aromatic carbocycles. The van der Waals surface area contributed by atoms with Gasteiger partial charge < -0.3 is 0 Å². The van der Waals surface area contributed by atoms with Gasteiger partial charge in [-0.15, -0.1) is 0 Å². The Balaban J connectivity index is 3.28. The minimum absolute atomic E-state index is 0.276. The van der Waals surface area contributed by atoms with E-state index in [-0.39, 0.29) is 4.90 Å². The van der Waals surface area contributed by atoms with E-state index in [9.17, 15) is 8.42 Å². The van der Waals surface area contributed by atoms with Gasteiger partial charge in [0.05, 0.1) is 4.90 Å². The van der Waals surface area contributed by atoms with Crippen LogP contribution in [0.4, 0.5) is 0 Å². The maximum Gasteiger partial charge on any atom is 0.201 e. The fourth-order valence-electron chi connectivity index (χ4n) is 1.93. The zero-order valence-corrected chi connectivity index (χ0v) is 13.3. The van der Waals surface area contributed by atoms with E-state index in [0.29, 0.717) is 6.42 Å². The second kappa shape index (κ2) is 6.58. The summed E-state index contributed by atoms with van der Waals surface area (Å²) < 4.78 is 24.1. The maximum atomic E-state index is 12.7. The van der Waals surface area contributed by atoms with Crippen LogP contribution in [0.2, 0.25) is 0 Å². The molecule has 0 saturated heterocycles. The molecule has 0 amide bonds. The lowest BCUT2D eigenvalue weighted by atomic mass is 10.1. The van der Waals surface area contributed by atoms with E-state index >= 15 is 0 Å². The number of halogens is 1. The SMILES string of the molecule is CCCCC(Cl)(C=C(C)C)S(=O)(=O)c1ccccc1. The lowest BCUT2D eigenvalue weighted by molar-refractivity contribution is 0.568. The Morgan fingerprint density at radius 1 is 1.26 bits per heavy atom. The molecule has 0 radical (unpaired) electrons. The molecule has 0 aromatic heterocycles. The molecule has 106 valence electrons. The van der Waals surface area contributed by atoms with E-state index in [0.717, 1.165) is 18.4 Å². The van der Waals surface area contributed by atoms with Crippen LogP contribution >= 0.6 is 11.6 Å². The monoisotopic (exact) mass is 300 g/mol. The van der Waals surface area contributed by atoms with Crippen molar-refractivity contribution in [3.63, 3.8) is 0 Å². The molecular weight excluding hydrogens is 280 g/mol. The van der Waals surface area contributed by atoms with Gasteiger partial charge in [-0.05, 0) is 38.5 Å². The van der Waals surface area contributed by atoms with Gasteiger partial charge >= 0.3 is 0 Å². The van der Waals surface area contributed by atoms with Gasteiger partial charge in [0.25, 0.3) is 0 Å². The van der Waals surface area contributed by atoms with E-state index < -0.39 is 14.0 Å².